The van der Waals surface area contributed by atoms with Crippen molar-refractivity contribution in [3.63, 3.8) is 0 Å². The zero-order valence-electron chi connectivity index (χ0n) is 16.4. The number of likely N-dealkylation sites (tertiary alicyclic amines) is 1. The van der Waals surface area contributed by atoms with Crippen LogP contribution in [0.4, 0.5) is 0 Å². The normalized spacial score (nSPS) is 19.5. The SMILES string of the molecule is CCCNC(=O)[C@H]1CN(C(=O)C(C)C)C[C@H]1c1cccc(OC)c1OC. The molecule has 1 aliphatic rings. The molecule has 0 aliphatic carbocycles. The molecule has 1 aliphatic heterocycles. The van der Waals surface area contributed by atoms with E-state index in [-0.39, 0.29) is 29.6 Å². The fraction of sp³-hybridized carbons (Fsp3) is 0.600. The molecule has 1 N–H and O–H groups in total. The highest BCUT2D eigenvalue weighted by atomic mass is 16.5. The van der Waals surface area contributed by atoms with Crippen molar-refractivity contribution in [2.45, 2.75) is 33.1 Å². The van der Waals surface area contributed by atoms with Crippen LogP contribution in [-0.4, -0.2) is 50.6 Å². The second-order valence-corrected chi connectivity index (χ2v) is 6.98. The van der Waals surface area contributed by atoms with Gasteiger partial charge in [0, 0.05) is 37.0 Å². The first kappa shape index (κ1) is 20.1. The minimum atomic E-state index is -0.301. The first-order valence-electron chi connectivity index (χ1n) is 9.21. The number of para-hydroxylation sites is 1. The Balaban J connectivity index is 2.38. The Kier molecular flexibility index (Phi) is 6.89. The molecular formula is C20H30N2O4. The summed E-state index contributed by atoms with van der Waals surface area (Å²) in [6, 6.07) is 5.68. The van der Waals surface area contributed by atoms with Gasteiger partial charge in [-0.25, -0.2) is 0 Å². The van der Waals surface area contributed by atoms with E-state index in [4.69, 9.17) is 9.47 Å². The van der Waals surface area contributed by atoms with E-state index < -0.39 is 0 Å². The van der Waals surface area contributed by atoms with E-state index >= 15 is 0 Å². The average Bonchev–Trinajstić information content (AvgIpc) is 3.09. The van der Waals surface area contributed by atoms with Crippen molar-refractivity contribution in [3.8, 4) is 11.5 Å². The van der Waals surface area contributed by atoms with Crippen LogP contribution in [0.1, 0.15) is 38.7 Å². The lowest BCUT2D eigenvalue weighted by Gasteiger charge is -2.21. The van der Waals surface area contributed by atoms with Gasteiger partial charge >= 0.3 is 0 Å². The van der Waals surface area contributed by atoms with E-state index in [1.807, 2.05) is 39.0 Å². The smallest absolute Gasteiger partial charge is 0.225 e. The Hall–Kier alpha value is -2.24. The van der Waals surface area contributed by atoms with Crippen LogP contribution in [0.25, 0.3) is 0 Å². The molecule has 2 rings (SSSR count). The number of hydrogen-bond donors (Lipinski definition) is 1. The number of methoxy groups -OCH3 is 2. The molecular weight excluding hydrogens is 332 g/mol. The molecule has 1 heterocycles. The standard InChI is InChI=1S/C20H30N2O4/c1-6-10-21-19(23)16-12-22(20(24)13(2)3)11-15(16)14-8-7-9-17(25-4)18(14)26-5/h7-9,13,15-16H,6,10-12H2,1-5H3,(H,21,23)/t15-,16-/m0/s1. The lowest BCUT2D eigenvalue weighted by atomic mass is 9.87. The number of carbonyl (C=O) groups excluding carboxylic acids is 2. The maximum atomic E-state index is 12.8. The second-order valence-electron chi connectivity index (χ2n) is 6.98. The highest BCUT2D eigenvalue weighted by molar-refractivity contribution is 5.84. The largest absolute Gasteiger partial charge is 0.493 e. The number of hydrogen-bond acceptors (Lipinski definition) is 4. The fourth-order valence-corrected chi connectivity index (χ4v) is 3.51. The number of benzene rings is 1. The molecule has 0 aromatic heterocycles. The van der Waals surface area contributed by atoms with Gasteiger partial charge in [0.2, 0.25) is 11.8 Å². The van der Waals surface area contributed by atoms with E-state index in [1.54, 1.807) is 19.1 Å². The molecule has 6 nitrogen and oxygen atoms in total. The molecule has 1 saturated heterocycles. The van der Waals surface area contributed by atoms with Gasteiger partial charge in [-0.05, 0) is 12.5 Å². The lowest BCUT2D eigenvalue weighted by molar-refractivity contribution is -0.133. The molecule has 144 valence electrons. The van der Waals surface area contributed by atoms with Gasteiger partial charge < -0.3 is 19.7 Å². The second kappa shape index (κ2) is 8.92. The number of rotatable bonds is 7. The summed E-state index contributed by atoms with van der Waals surface area (Å²) in [4.78, 5) is 27.1. The molecule has 1 aromatic rings. The third kappa shape index (κ3) is 4.11. The maximum absolute atomic E-state index is 12.8. The molecule has 2 atom stereocenters. The van der Waals surface area contributed by atoms with E-state index in [0.29, 0.717) is 31.1 Å². The number of nitrogens with zero attached hydrogens (tertiary/aromatic N) is 1. The number of nitrogens with one attached hydrogen (secondary N) is 1. The zero-order chi connectivity index (χ0) is 19.3. The van der Waals surface area contributed by atoms with Crippen LogP contribution >= 0.6 is 0 Å². The number of amides is 2. The average molecular weight is 362 g/mol. The summed E-state index contributed by atoms with van der Waals surface area (Å²) >= 11 is 0. The van der Waals surface area contributed by atoms with Gasteiger partial charge in [-0.3, -0.25) is 9.59 Å². The monoisotopic (exact) mass is 362 g/mol. The van der Waals surface area contributed by atoms with Crippen LogP contribution in [0, 0.1) is 11.8 Å². The van der Waals surface area contributed by atoms with Gasteiger partial charge in [0.05, 0.1) is 20.1 Å². The molecule has 1 fully saturated rings. The van der Waals surface area contributed by atoms with Gasteiger partial charge in [0.15, 0.2) is 11.5 Å². The topological polar surface area (TPSA) is 67.9 Å². The highest BCUT2D eigenvalue weighted by Gasteiger charge is 2.42. The predicted octanol–water partition coefficient (Wildman–Crippen LogP) is 2.43. The first-order valence-corrected chi connectivity index (χ1v) is 9.21. The van der Waals surface area contributed by atoms with Crippen LogP contribution in [0.2, 0.25) is 0 Å². The summed E-state index contributed by atoms with van der Waals surface area (Å²) in [7, 11) is 3.19. The maximum Gasteiger partial charge on any atom is 0.225 e. The van der Waals surface area contributed by atoms with E-state index in [1.165, 1.54) is 0 Å². The molecule has 0 spiro atoms. The highest BCUT2D eigenvalue weighted by Crippen LogP contribution is 2.42. The van der Waals surface area contributed by atoms with Crippen molar-refractivity contribution < 1.29 is 19.1 Å². The Morgan fingerprint density at radius 1 is 1.23 bits per heavy atom. The van der Waals surface area contributed by atoms with Gasteiger partial charge in [-0.2, -0.15) is 0 Å². The summed E-state index contributed by atoms with van der Waals surface area (Å²) in [6.07, 6.45) is 0.875. The summed E-state index contributed by atoms with van der Waals surface area (Å²) in [5.41, 5.74) is 0.905. The van der Waals surface area contributed by atoms with Crippen LogP contribution < -0.4 is 14.8 Å². The summed E-state index contributed by atoms with van der Waals surface area (Å²) in [5.74, 6) is 0.798. The third-order valence-corrected chi connectivity index (χ3v) is 4.84. The van der Waals surface area contributed by atoms with Gasteiger partial charge in [0.1, 0.15) is 0 Å². The molecule has 1 aromatic carbocycles. The van der Waals surface area contributed by atoms with Crippen molar-refractivity contribution in [3.05, 3.63) is 23.8 Å². The van der Waals surface area contributed by atoms with Crippen LogP contribution in [0.15, 0.2) is 18.2 Å². The lowest BCUT2D eigenvalue weighted by Crippen LogP contribution is -2.36. The molecule has 26 heavy (non-hydrogen) atoms. The minimum Gasteiger partial charge on any atom is -0.493 e. The van der Waals surface area contributed by atoms with Gasteiger partial charge in [-0.15, -0.1) is 0 Å². The molecule has 0 bridgehead atoms. The summed E-state index contributed by atoms with van der Waals surface area (Å²) in [5, 5.41) is 2.98. The predicted molar refractivity (Wildman–Crippen MR) is 100 cm³/mol. The molecule has 2 amide bonds. The van der Waals surface area contributed by atoms with Crippen molar-refractivity contribution in [1.82, 2.24) is 10.2 Å². The number of carbonyl (C=O) groups is 2. The van der Waals surface area contributed by atoms with Gasteiger partial charge in [0.25, 0.3) is 0 Å². The van der Waals surface area contributed by atoms with E-state index in [9.17, 15) is 9.59 Å². The van der Waals surface area contributed by atoms with Crippen molar-refractivity contribution in [2.75, 3.05) is 33.9 Å². The molecule has 0 radical (unpaired) electrons. The quantitative estimate of drug-likeness (QED) is 0.809. The number of ether oxygens (including phenoxy) is 2. The van der Waals surface area contributed by atoms with Crippen molar-refractivity contribution >= 4 is 11.8 Å². The summed E-state index contributed by atoms with van der Waals surface area (Å²) < 4.78 is 11.0. The third-order valence-electron chi connectivity index (χ3n) is 4.84. The van der Waals surface area contributed by atoms with Crippen molar-refractivity contribution in [2.24, 2.45) is 11.8 Å². The minimum absolute atomic E-state index is 0.0132. The molecule has 0 unspecified atom stereocenters. The first-order chi connectivity index (χ1) is 12.4. The fourth-order valence-electron chi connectivity index (χ4n) is 3.51. The Labute approximate surface area is 155 Å². The Morgan fingerprint density at radius 2 is 1.96 bits per heavy atom. The van der Waals surface area contributed by atoms with Crippen molar-refractivity contribution in [1.29, 1.82) is 0 Å². The molecule has 6 heteroatoms. The zero-order valence-corrected chi connectivity index (χ0v) is 16.4. The molecule has 0 saturated carbocycles. The van der Waals surface area contributed by atoms with E-state index in [2.05, 4.69) is 5.32 Å². The van der Waals surface area contributed by atoms with Crippen LogP contribution in [0.5, 0.6) is 11.5 Å². The van der Waals surface area contributed by atoms with Crippen LogP contribution in [0.3, 0.4) is 0 Å². The Morgan fingerprint density at radius 3 is 2.54 bits per heavy atom. The van der Waals surface area contributed by atoms with Crippen LogP contribution in [-0.2, 0) is 9.59 Å². The van der Waals surface area contributed by atoms with Gasteiger partial charge in [-0.1, -0.05) is 32.9 Å². The Bertz CT molecular complexity index is 645. The van der Waals surface area contributed by atoms with E-state index in [0.717, 1.165) is 12.0 Å². The summed E-state index contributed by atoms with van der Waals surface area (Å²) in [6.45, 7) is 7.35.